The number of benzene rings is 2. The number of thioether (sulfide) groups is 1. The van der Waals surface area contributed by atoms with E-state index < -0.39 is 0 Å². The van der Waals surface area contributed by atoms with Gasteiger partial charge in [0, 0.05) is 4.90 Å². The molecule has 5 heteroatoms. The van der Waals surface area contributed by atoms with E-state index in [0.29, 0.717) is 11.6 Å². The van der Waals surface area contributed by atoms with Crippen LogP contribution in [0.4, 0.5) is 5.13 Å². The fourth-order valence-corrected chi connectivity index (χ4v) is 4.06. The first-order valence-electron chi connectivity index (χ1n) is 7.36. The maximum Gasteiger partial charge on any atom is 0.230 e. The minimum absolute atomic E-state index is 0.0262. The molecule has 1 aromatic heterocycles. The Hall–Kier alpha value is -1.85. The molecule has 0 radical (unpaired) electrons. The summed E-state index contributed by atoms with van der Waals surface area (Å²) in [5.41, 5.74) is 4.38. The number of carbonyl (C=O) groups is 1. The first-order chi connectivity index (χ1) is 11.1. The number of anilines is 1. The van der Waals surface area contributed by atoms with Gasteiger partial charge in [-0.1, -0.05) is 41.2 Å². The van der Waals surface area contributed by atoms with Gasteiger partial charge < -0.3 is 5.32 Å². The molecular weight excluding hydrogens is 324 g/mol. The van der Waals surface area contributed by atoms with Gasteiger partial charge in [-0.15, -0.1) is 11.8 Å². The molecule has 3 aromatic rings. The third-order valence-corrected chi connectivity index (χ3v) is 5.40. The van der Waals surface area contributed by atoms with E-state index in [1.165, 1.54) is 16.9 Å². The van der Waals surface area contributed by atoms with Gasteiger partial charge in [-0.05, 0) is 43.4 Å². The van der Waals surface area contributed by atoms with Gasteiger partial charge >= 0.3 is 0 Å². The Balaban J connectivity index is 1.77. The zero-order chi connectivity index (χ0) is 16.4. The predicted octanol–water partition coefficient (Wildman–Crippen LogP) is 4.82. The van der Waals surface area contributed by atoms with Crippen LogP contribution in [0.5, 0.6) is 0 Å². The van der Waals surface area contributed by atoms with Gasteiger partial charge in [0.2, 0.25) is 5.91 Å². The highest BCUT2D eigenvalue weighted by Crippen LogP contribution is 2.32. The molecule has 0 unspecified atom stereocenters. The van der Waals surface area contributed by atoms with Crippen molar-refractivity contribution in [3.8, 4) is 0 Å². The highest BCUT2D eigenvalue weighted by molar-refractivity contribution is 7.98. The zero-order valence-electron chi connectivity index (χ0n) is 13.3. The van der Waals surface area contributed by atoms with Crippen LogP contribution in [0.15, 0.2) is 41.3 Å². The molecule has 1 N–H and O–H groups in total. The summed E-state index contributed by atoms with van der Waals surface area (Å²) in [5.74, 6) is -0.0262. The van der Waals surface area contributed by atoms with Gasteiger partial charge in [-0.25, -0.2) is 4.98 Å². The van der Waals surface area contributed by atoms with E-state index >= 15 is 0 Å². The number of hydrogen-bond donors (Lipinski definition) is 1. The Morgan fingerprint density at radius 2 is 2.09 bits per heavy atom. The van der Waals surface area contributed by atoms with Crippen molar-refractivity contribution in [2.45, 2.75) is 25.2 Å². The first kappa shape index (κ1) is 16.0. The predicted molar refractivity (Wildman–Crippen MR) is 99.7 cm³/mol. The van der Waals surface area contributed by atoms with Crippen LogP contribution < -0.4 is 5.32 Å². The monoisotopic (exact) mass is 342 g/mol. The third-order valence-electron chi connectivity index (χ3n) is 3.70. The number of hydrogen-bond acceptors (Lipinski definition) is 4. The number of nitrogens with one attached hydrogen (secondary N) is 1. The molecule has 0 aliphatic rings. The van der Waals surface area contributed by atoms with Crippen molar-refractivity contribution < 1.29 is 4.79 Å². The third kappa shape index (κ3) is 3.57. The molecule has 2 aromatic carbocycles. The number of fused-ring (bicyclic) bond motifs is 1. The highest BCUT2D eigenvalue weighted by atomic mass is 32.2. The van der Waals surface area contributed by atoms with Crippen LogP contribution in [-0.4, -0.2) is 17.1 Å². The summed E-state index contributed by atoms with van der Waals surface area (Å²) >= 11 is 3.18. The number of para-hydroxylation sites is 1. The van der Waals surface area contributed by atoms with Crippen molar-refractivity contribution in [3.05, 3.63) is 53.1 Å². The molecule has 0 bridgehead atoms. The number of amides is 1. The molecule has 0 aliphatic heterocycles. The minimum Gasteiger partial charge on any atom is -0.302 e. The summed E-state index contributed by atoms with van der Waals surface area (Å²) in [6, 6.07) is 12.3. The fraction of sp³-hybridized carbons (Fsp3) is 0.222. The second kappa shape index (κ2) is 6.72. The smallest absolute Gasteiger partial charge is 0.230 e. The molecule has 0 saturated heterocycles. The SMILES string of the molecule is CSc1cccc2sc(NC(=O)Cc3ccc(C)cc3C)nc12. The largest absolute Gasteiger partial charge is 0.302 e. The average Bonchev–Trinajstić information content (AvgIpc) is 2.92. The molecule has 0 aliphatic carbocycles. The van der Waals surface area contributed by atoms with E-state index in [4.69, 9.17) is 0 Å². The van der Waals surface area contributed by atoms with Crippen LogP contribution in [0, 0.1) is 13.8 Å². The Morgan fingerprint density at radius 1 is 1.26 bits per heavy atom. The molecule has 0 saturated carbocycles. The summed E-state index contributed by atoms with van der Waals surface area (Å²) in [5, 5.41) is 3.60. The van der Waals surface area contributed by atoms with Crippen molar-refractivity contribution in [1.82, 2.24) is 4.98 Å². The Morgan fingerprint density at radius 3 is 2.83 bits per heavy atom. The molecule has 1 heterocycles. The first-order valence-corrected chi connectivity index (χ1v) is 9.40. The maximum absolute atomic E-state index is 12.3. The molecule has 1 amide bonds. The molecule has 0 atom stereocenters. The molecule has 3 nitrogen and oxygen atoms in total. The molecule has 0 fully saturated rings. The van der Waals surface area contributed by atoms with E-state index in [9.17, 15) is 4.79 Å². The Bertz CT molecular complexity index is 871. The number of rotatable bonds is 4. The van der Waals surface area contributed by atoms with Crippen molar-refractivity contribution in [2.24, 2.45) is 0 Å². The van der Waals surface area contributed by atoms with Crippen molar-refractivity contribution in [2.75, 3.05) is 11.6 Å². The quantitative estimate of drug-likeness (QED) is 0.691. The van der Waals surface area contributed by atoms with Gasteiger partial charge in [0.15, 0.2) is 5.13 Å². The lowest BCUT2D eigenvalue weighted by atomic mass is 10.0. The van der Waals surface area contributed by atoms with Crippen LogP contribution >= 0.6 is 23.1 Å². The standard InChI is InChI=1S/C18H18N2OS2/c1-11-7-8-13(12(2)9-11)10-16(21)19-18-20-17-14(22-3)5-4-6-15(17)23-18/h4-9H,10H2,1-3H3,(H,19,20,21). The summed E-state index contributed by atoms with van der Waals surface area (Å²) in [6.45, 7) is 4.10. The summed E-state index contributed by atoms with van der Waals surface area (Å²) < 4.78 is 1.10. The van der Waals surface area contributed by atoms with Crippen molar-refractivity contribution in [1.29, 1.82) is 0 Å². The van der Waals surface area contributed by atoms with Crippen LogP contribution in [-0.2, 0) is 11.2 Å². The van der Waals surface area contributed by atoms with Gasteiger partial charge in [-0.3, -0.25) is 4.79 Å². The number of aryl methyl sites for hydroxylation is 2. The molecule has 3 rings (SSSR count). The lowest BCUT2D eigenvalue weighted by Crippen LogP contribution is -2.14. The highest BCUT2D eigenvalue weighted by Gasteiger charge is 2.11. The number of aromatic nitrogens is 1. The second-order valence-electron chi connectivity index (χ2n) is 5.48. The molecule has 0 spiro atoms. The van der Waals surface area contributed by atoms with Crippen molar-refractivity contribution >= 4 is 44.4 Å². The van der Waals surface area contributed by atoms with E-state index in [0.717, 1.165) is 26.2 Å². The molecular formula is C18H18N2OS2. The summed E-state index contributed by atoms with van der Waals surface area (Å²) in [4.78, 5) is 18.0. The Kier molecular flexibility index (Phi) is 4.68. The van der Waals surface area contributed by atoms with Crippen molar-refractivity contribution in [3.63, 3.8) is 0 Å². The summed E-state index contributed by atoms with van der Waals surface area (Å²) in [7, 11) is 0. The van der Waals surface area contributed by atoms with Gasteiger partial charge in [0.25, 0.3) is 0 Å². The number of thiazole rings is 1. The Labute approximate surface area is 144 Å². The lowest BCUT2D eigenvalue weighted by Gasteiger charge is -2.06. The van der Waals surface area contributed by atoms with E-state index in [1.54, 1.807) is 11.8 Å². The maximum atomic E-state index is 12.3. The van der Waals surface area contributed by atoms with Crippen LogP contribution in [0.3, 0.4) is 0 Å². The molecule has 118 valence electrons. The van der Waals surface area contributed by atoms with Gasteiger partial charge in [0.05, 0.1) is 16.6 Å². The van der Waals surface area contributed by atoms with Crippen LogP contribution in [0.2, 0.25) is 0 Å². The minimum atomic E-state index is -0.0262. The zero-order valence-corrected chi connectivity index (χ0v) is 15.0. The number of nitrogens with zero attached hydrogens (tertiary/aromatic N) is 1. The topological polar surface area (TPSA) is 42.0 Å². The van der Waals surface area contributed by atoms with E-state index in [1.807, 2.05) is 43.5 Å². The van der Waals surface area contributed by atoms with Crippen LogP contribution in [0.25, 0.3) is 10.2 Å². The van der Waals surface area contributed by atoms with Gasteiger partial charge in [0.1, 0.15) is 0 Å². The van der Waals surface area contributed by atoms with E-state index in [2.05, 4.69) is 23.3 Å². The van der Waals surface area contributed by atoms with E-state index in [-0.39, 0.29) is 5.91 Å². The molecule has 23 heavy (non-hydrogen) atoms. The summed E-state index contributed by atoms with van der Waals surface area (Å²) in [6.07, 6.45) is 2.41. The number of carbonyl (C=O) groups excluding carboxylic acids is 1. The fourth-order valence-electron chi connectivity index (χ4n) is 2.52. The second-order valence-corrected chi connectivity index (χ2v) is 7.36. The normalized spacial score (nSPS) is 10.9. The van der Waals surface area contributed by atoms with Gasteiger partial charge in [-0.2, -0.15) is 0 Å². The van der Waals surface area contributed by atoms with Crippen LogP contribution in [0.1, 0.15) is 16.7 Å². The lowest BCUT2D eigenvalue weighted by molar-refractivity contribution is -0.115. The average molecular weight is 342 g/mol.